The summed E-state index contributed by atoms with van der Waals surface area (Å²) in [5.41, 5.74) is 1.23. The fourth-order valence-corrected chi connectivity index (χ4v) is 1.57. The van der Waals surface area contributed by atoms with Crippen molar-refractivity contribution in [3.63, 3.8) is 0 Å². The van der Waals surface area contributed by atoms with Crippen LogP contribution in [0, 0.1) is 27.2 Å². The Morgan fingerprint density at radius 1 is 1.11 bits per heavy atom. The molecule has 1 aromatic carbocycles. The molecule has 0 amide bonds. The van der Waals surface area contributed by atoms with Crippen molar-refractivity contribution in [2.45, 2.75) is 6.92 Å². The fraction of sp³-hybridized carbons (Fsp3) is 0.100. The van der Waals surface area contributed by atoms with Gasteiger partial charge in [-0.15, -0.1) is 0 Å². The van der Waals surface area contributed by atoms with Crippen molar-refractivity contribution < 1.29 is 9.85 Å². The van der Waals surface area contributed by atoms with Crippen LogP contribution in [0.5, 0.6) is 0 Å². The van der Waals surface area contributed by atoms with Gasteiger partial charge in [-0.3, -0.25) is 0 Å². The minimum Gasteiger partial charge on any atom is -0.358 e. The Morgan fingerprint density at radius 2 is 1.72 bits per heavy atom. The van der Waals surface area contributed by atoms with Crippen molar-refractivity contribution in [3.8, 4) is 11.1 Å². The maximum absolute atomic E-state index is 10.8. The normalized spacial score (nSPS) is 10.3. The number of nitrogens with zero attached hydrogens (tertiary/aromatic N) is 3. The van der Waals surface area contributed by atoms with Crippen LogP contribution in [0.2, 0.25) is 0 Å². The van der Waals surface area contributed by atoms with Crippen LogP contribution >= 0.6 is 0 Å². The maximum Gasteiger partial charge on any atom is 0.428 e. The van der Waals surface area contributed by atoms with Gasteiger partial charge in [0.15, 0.2) is 5.56 Å². The van der Waals surface area contributed by atoms with E-state index in [1.165, 1.54) is 0 Å². The molecule has 2 rings (SSSR count). The van der Waals surface area contributed by atoms with Crippen molar-refractivity contribution in [1.29, 1.82) is 0 Å². The Balaban J connectivity index is 2.66. The average Bonchev–Trinajstić information content (AvgIpc) is 2.74. The van der Waals surface area contributed by atoms with Gasteiger partial charge in [-0.1, -0.05) is 29.8 Å². The Labute approximate surface area is 101 Å². The third-order valence-electron chi connectivity index (χ3n) is 2.42. The molecule has 1 aromatic heterocycles. The van der Waals surface area contributed by atoms with E-state index in [9.17, 15) is 20.2 Å². The molecule has 0 aliphatic heterocycles. The number of rotatable bonds is 3. The number of hydrogen-bond acceptors (Lipinski definition) is 5. The highest BCUT2D eigenvalue weighted by molar-refractivity contribution is 5.78. The summed E-state index contributed by atoms with van der Waals surface area (Å²) in [6.07, 6.45) is 0. The minimum absolute atomic E-state index is 0.106. The third kappa shape index (κ3) is 1.90. The van der Waals surface area contributed by atoms with E-state index >= 15 is 0 Å². The Bertz CT molecular complexity index is 586. The summed E-state index contributed by atoms with van der Waals surface area (Å²) in [5, 5.41) is 27.1. The van der Waals surface area contributed by atoms with E-state index in [1.807, 2.05) is 6.92 Å². The van der Waals surface area contributed by atoms with Crippen molar-refractivity contribution in [2.24, 2.45) is 0 Å². The minimum atomic E-state index is -0.751. The monoisotopic (exact) mass is 248 g/mol. The SMILES string of the molecule is Cc1ccc(-c2c([N+](=O)[O-])n[nH]c2[N+](=O)[O-])cc1. The predicted molar refractivity (Wildman–Crippen MR) is 62.1 cm³/mol. The molecule has 0 fully saturated rings. The molecule has 0 aliphatic carbocycles. The van der Waals surface area contributed by atoms with Crippen molar-refractivity contribution >= 4 is 11.6 Å². The second-order valence-electron chi connectivity index (χ2n) is 3.65. The standard InChI is InChI=1S/C10H8N4O4/c1-6-2-4-7(5-3-6)8-9(13(15)16)11-12-10(8)14(17)18/h2-5H,1H3,(H,11,12). The Kier molecular flexibility index (Phi) is 2.76. The molecule has 1 N–H and O–H groups in total. The van der Waals surface area contributed by atoms with Crippen LogP contribution in [0.4, 0.5) is 11.6 Å². The lowest BCUT2D eigenvalue weighted by atomic mass is 10.1. The molecule has 8 heteroatoms. The van der Waals surface area contributed by atoms with Crippen LogP contribution in [-0.4, -0.2) is 20.0 Å². The first-order chi connectivity index (χ1) is 8.50. The lowest BCUT2D eigenvalue weighted by molar-refractivity contribution is -0.392. The Morgan fingerprint density at radius 3 is 2.22 bits per heavy atom. The van der Waals surface area contributed by atoms with Gasteiger partial charge in [-0.25, -0.2) is 0 Å². The number of aromatic nitrogens is 2. The van der Waals surface area contributed by atoms with Gasteiger partial charge in [0.05, 0.1) is 0 Å². The molecule has 0 aliphatic rings. The van der Waals surface area contributed by atoms with Gasteiger partial charge in [0, 0.05) is 0 Å². The summed E-state index contributed by atoms with van der Waals surface area (Å²) in [7, 11) is 0. The molecule has 0 saturated carbocycles. The number of benzene rings is 1. The van der Waals surface area contributed by atoms with Crippen LogP contribution in [-0.2, 0) is 0 Å². The van der Waals surface area contributed by atoms with Crippen molar-refractivity contribution in [2.75, 3.05) is 0 Å². The van der Waals surface area contributed by atoms with E-state index in [-0.39, 0.29) is 5.56 Å². The quantitative estimate of drug-likeness (QED) is 0.660. The first kappa shape index (κ1) is 11.7. The molecular weight excluding hydrogens is 240 g/mol. The van der Waals surface area contributed by atoms with E-state index in [1.54, 1.807) is 24.3 Å². The largest absolute Gasteiger partial charge is 0.428 e. The number of nitro groups is 2. The maximum atomic E-state index is 10.8. The summed E-state index contributed by atoms with van der Waals surface area (Å²) in [5.74, 6) is -1.03. The molecular formula is C10H8N4O4. The molecule has 0 spiro atoms. The van der Waals surface area contributed by atoms with Crippen LogP contribution in [0.25, 0.3) is 11.1 Å². The molecule has 0 atom stereocenters. The molecule has 0 unspecified atom stereocenters. The van der Waals surface area contributed by atoms with Gasteiger partial charge in [-0.05, 0) is 27.4 Å². The van der Waals surface area contributed by atoms with Gasteiger partial charge >= 0.3 is 11.6 Å². The van der Waals surface area contributed by atoms with Gasteiger partial charge < -0.3 is 20.2 Å². The van der Waals surface area contributed by atoms with E-state index in [0.717, 1.165) is 5.56 Å². The number of H-pyrrole nitrogens is 1. The molecule has 0 saturated heterocycles. The summed E-state index contributed by atoms with van der Waals surface area (Å²) in [4.78, 5) is 20.1. The lowest BCUT2D eigenvalue weighted by Crippen LogP contribution is -1.93. The summed E-state index contributed by atoms with van der Waals surface area (Å²) in [6, 6.07) is 6.60. The van der Waals surface area contributed by atoms with Crippen LogP contribution in [0.1, 0.15) is 5.56 Å². The molecule has 8 nitrogen and oxygen atoms in total. The highest BCUT2D eigenvalue weighted by atomic mass is 16.6. The number of hydrogen-bond donors (Lipinski definition) is 1. The van der Waals surface area contributed by atoms with Crippen LogP contribution < -0.4 is 0 Å². The van der Waals surface area contributed by atoms with Gasteiger partial charge in [0.2, 0.25) is 0 Å². The van der Waals surface area contributed by atoms with E-state index in [4.69, 9.17) is 0 Å². The predicted octanol–water partition coefficient (Wildman–Crippen LogP) is 2.20. The molecule has 0 radical (unpaired) electrons. The molecule has 0 bridgehead atoms. The summed E-state index contributed by atoms with van der Waals surface area (Å²) < 4.78 is 0. The molecule has 2 aromatic rings. The first-order valence-electron chi connectivity index (χ1n) is 4.95. The third-order valence-corrected chi connectivity index (χ3v) is 2.42. The average molecular weight is 248 g/mol. The topological polar surface area (TPSA) is 115 Å². The molecule has 1 heterocycles. The second-order valence-corrected chi connectivity index (χ2v) is 3.65. The zero-order valence-corrected chi connectivity index (χ0v) is 9.28. The second kappa shape index (κ2) is 4.24. The summed E-state index contributed by atoms with van der Waals surface area (Å²) >= 11 is 0. The number of nitrogens with one attached hydrogen (secondary N) is 1. The molecule has 92 valence electrons. The van der Waals surface area contributed by atoms with Gasteiger partial charge in [0.1, 0.15) is 5.10 Å². The van der Waals surface area contributed by atoms with Crippen molar-refractivity contribution in [1.82, 2.24) is 10.2 Å². The first-order valence-corrected chi connectivity index (χ1v) is 4.95. The van der Waals surface area contributed by atoms with Crippen molar-refractivity contribution in [3.05, 3.63) is 50.1 Å². The number of aryl methyl sites for hydroxylation is 1. The number of aromatic amines is 1. The smallest absolute Gasteiger partial charge is 0.358 e. The van der Waals surface area contributed by atoms with Crippen LogP contribution in [0.15, 0.2) is 24.3 Å². The van der Waals surface area contributed by atoms with Crippen LogP contribution in [0.3, 0.4) is 0 Å². The van der Waals surface area contributed by atoms with E-state index in [0.29, 0.717) is 5.56 Å². The van der Waals surface area contributed by atoms with E-state index < -0.39 is 21.5 Å². The highest BCUT2D eigenvalue weighted by Gasteiger charge is 2.32. The lowest BCUT2D eigenvalue weighted by Gasteiger charge is -1.99. The van der Waals surface area contributed by atoms with E-state index in [2.05, 4.69) is 10.2 Å². The summed E-state index contributed by atoms with van der Waals surface area (Å²) in [6.45, 7) is 1.85. The highest BCUT2D eigenvalue weighted by Crippen LogP contribution is 2.35. The van der Waals surface area contributed by atoms with Gasteiger partial charge in [0.25, 0.3) is 0 Å². The van der Waals surface area contributed by atoms with Gasteiger partial charge in [-0.2, -0.15) is 0 Å². The zero-order valence-electron chi connectivity index (χ0n) is 9.28. The zero-order chi connectivity index (χ0) is 13.3. The molecule has 18 heavy (non-hydrogen) atoms. The Hall–Kier alpha value is -2.77. The fourth-order valence-electron chi connectivity index (χ4n) is 1.57.